The van der Waals surface area contributed by atoms with Gasteiger partial charge in [0.25, 0.3) is 0 Å². The van der Waals surface area contributed by atoms with Crippen molar-refractivity contribution in [3.05, 3.63) is 0 Å². The zero-order valence-electron chi connectivity index (χ0n) is 41.8. The summed E-state index contributed by atoms with van der Waals surface area (Å²) in [4.78, 5) is 38.0. The Bertz CT molecular complexity index is 933. The second-order valence-electron chi connectivity index (χ2n) is 19.6. The molecule has 6 nitrogen and oxygen atoms in total. The lowest BCUT2D eigenvalue weighted by molar-refractivity contribution is -0.167. The lowest BCUT2D eigenvalue weighted by Crippen LogP contribution is -2.30. The maximum absolute atomic E-state index is 12.8. The summed E-state index contributed by atoms with van der Waals surface area (Å²) in [6, 6.07) is 0. The molecule has 0 rings (SSSR count). The van der Waals surface area contributed by atoms with Gasteiger partial charge in [-0.25, -0.2) is 0 Å². The number of hydrogen-bond donors (Lipinski definition) is 0. The smallest absolute Gasteiger partial charge is 0.306 e. The zero-order chi connectivity index (χ0) is 44.7. The summed E-state index contributed by atoms with van der Waals surface area (Å²) in [7, 11) is 0. The molecule has 0 fully saturated rings. The molecule has 6 heteroatoms. The normalized spacial score (nSPS) is 12.5. The van der Waals surface area contributed by atoms with Gasteiger partial charge in [0.2, 0.25) is 0 Å². The molecule has 0 saturated heterocycles. The lowest BCUT2D eigenvalue weighted by atomic mass is 10.00. The van der Waals surface area contributed by atoms with Gasteiger partial charge in [-0.2, -0.15) is 0 Å². The predicted octanol–water partition coefficient (Wildman–Crippen LogP) is 17.7. The fourth-order valence-corrected chi connectivity index (χ4v) is 8.31. The molecule has 0 radical (unpaired) electrons. The van der Waals surface area contributed by atoms with Crippen LogP contribution in [0.1, 0.15) is 304 Å². The van der Waals surface area contributed by atoms with E-state index in [-0.39, 0.29) is 31.1 Å². The summed E-state index contributed by atoms with van der Waals surface area (Å²) in [6.45, 7) is 11.4. The summed E-state index contributed by atoms with van der Waals surface area (Å²) in [5.41, 5.74) is 0. The molecule has 0 amide bonds. The molecule has 362 valence electrons. The third-order valence-electron chi connectivity index (χ3n) is 12.8. The van der Waals surface area contributed by atoms with Gasteiger partial charge in [-0.15, -0.1) is 0 Å². The number of rotatable bonds is 49. The first-order valence-electron chi connectivity index (χ1n) is 27.3. The Morgan fingerprint density at radius 3 is 0.934 bits per heavy atom. The van der Waals surface area contributed by atoms with Crippen LogP contribution in [0, 0.1) is 11.8 Å². The van der Waals surface area contributed by atoms with E-state index in [1.54, 1.807) is 0 Å². The molecule has 0 aliphatic carbocycles. The highest BCUT2D eigenvalue weighted by Gasteiger charge is 2.19. The summed E-state index contributed by atoms with van der Waals surface area (Å²) in [5.74, 6) is 0.815. The van der Waals surface area contributed by atoms with Crippen LogP contribution in [0.2, 0.25) is 0 Å². The van der Waals surface area contributed by atoms with Gasteiger partial charge in [0.05, 0.1) is 0 Å². The van der Waals surface area contributed by atoms with Gasteiger partial charge in [0.1, 0.15) is 13.2 Å². The molecular formula is C55H106O6. The Labute approximate surface area is 380 Å². The van der Waals surface area contributed by atoms with E-state index in [1.807, 2.05) is 0 Å². The molecule has 0 heterocycles. The molecule has 0 aromatic rings. The standard InChI is InChI=1S/C55H106O6/c1-6-8-9-10-11-12-13-14-20-23-26-29-35-40-45-53(56)59-48-52(61-55(58)47-42-37-32-31-34-39-44-51(5)7-2)49-60-54(57)46-41-36-30-27-24-21-18-16-15-17-19-22-25-28-33-38-43-50(3)4/h50-52H,6-49H2,1-5H3/t51?,52-/m1/s1. The minimum absolute atomic E-state index is 0.0642. The van der Waals surface area contributed by atoms with Gasteiger partial charge in [-0.3, -0.25) is 14.4 Å². The summed E-state index contributed by atoms with van der Waals surface area (Å²) in [5, 5.41) is 0. The van der Waals surface area contributed by atoms with E-state index in [9.17, 15) is 14.4 Å². The summed E-state index contributed by atoms with van der Waals surface area (Å²) < 4.78 is 16.8. The molecule has 0 aromatic carbocycles. The molecule has 0 saturated carbocycles. The largest absolute Gasteiger partial charge is 0.462 e. The highest BCUT2D eigenvalue weighted by atomic mass is 16.6. The summed E-state index contributed by atoms with van der Waals surface area (Å²) >= 11 is 0. The molecule has 2 atom stereocenters. The van der Waals surface area contributed by atoms with E-state index in [2.05, 4.69) is 34.6 Å². The van der Waals surface area contributed by atoms with Crippen molar-refractivity contribution < 1.29 is 28.6 Å². The van der Waals surface area contributed by atoms with Crippen molar-refractivity contribution in [2.24, 2.45) is 11.8 Å². The van der Waals surface area contributed by atoms with Crippen LogP contribution >= 0.6 is 0 Å². The SMILES string of the molecule is CCCCCCCCCCCCCCCCC(=O)OC[C@H](COC(=O)CCCCCCCCCCCCCCCCCCC(C)C)OC(=O)CCCCCCCCC(C)CC. The van der Waals surface area contributed by atoms with Crippen LogP contribution in [0.5, 0.6) is 0 Å². The highest BCUT2D eigenvalue weighted by molar-refractivity contribution is 5.71. The molecule has 0 aliphatic rings. The third-order valence-corrected chi connectivity index (χ3v) is 12.8. The first kappa shape index (κ1) is 59.4. The lowest BCUT2D eigenvalue weighted by Gasteiger charge is -2.18. The number of carbonyl (C=O) groups excluding carboxylic acids is 3. The topological polar surface area (TPSA) is 78.9 Å². The Morgan fingerprint density at radius 1 is 0.344 bits per heavy atom. The second kappa shape index (κ2) is 47.9. The van der Waals surface area contributed by atoms with Gasteiger partial charge in [-0.05, 0) is 31.1 Å². The van der Waals surface area contributed by atoms with Crippen LogP contribution in [-0.2, 0) is 28.6 Å². The van der Waals surface area contributed by atoms with Crippen molar-refractivity contribution in [1.29, 1.82) is 0 Å². The van der Waals surface area contributed by atoms with Crippen molar-refractivity contribution in [3.63, 3.8) is 0 Å². The quantitative estimate of drug-likeness (QED) is 0.0344. The van der Waals surface area contributed by atoms with E-state index in [4.69, 9.17) is 14.2 Å². The number of esters is 3. The van der Waals surface area contributed by atoms with Crippen LogP contribution in [0.3, 0.4) is 0 Å². The molecule has 0 spiro atoms. The number of unbranched alkanes of at least 4 members (excludes halogenated alkanes) is 33. The molecule has 0 aliphatic heterocycles. The van der Waals surface area contributed by atoms with E-state index < -0.39 is 6.10 Å². The van der Waals surface area contributed by atoms with Gasteiger partial charge in [0.15, 0.2) is 6.10 Å². The predicted molar refractivity (Wildman–Crippen MR) is 261 cm³/mol. The molecule has 1 unspecified atom stereocenters. The van der Waals surface area contributed by atoms with Crippen LogP contribution in [-0.4, -0.2) is 37.2 Å². The molecular weight excluding hydrogens is 757 g/mol. The number of ether oxygens (including phenoxy) is 3. The maximum atomic E-state index is 12.8. The van der Waals surface area contributed by atoms with E-state index in [0.29, 0.717) is 19.3 Å². The number of hydrogen-bond acceptors (Lipinski definition) is 6. The minimum atomic E-state index is -0.762. The monoisotopic (exact) mass is 863 g/mol. The summed E-state index contributed by atoms with van der Waals surface area (Å²) in [6.07, 6.45) is 49.5. The fraction of sp³-hybridized carbons (Fsp3) is 0.945. The zero-order valence-corrected chi connectivity index (χ0v) is 41.8. The van der Waals surface area contributed by atoms with E-state index in [0.717, 1.165) is 69.6 Å². The fourth-order valence-electron chi connectivity index (χ4n) is 8.31. The van der Waals surface area contributed by atoms with Crippen molar-refractivity contribution >= 4 is 17.9 Å². The molecule has 0 aromatic heterocycles. The Hall–Kier alpha value is -1.59. The third kappa shape index (κ3) is 47.7. The van der Waals surface area contributed by atoms with Gasteiger partial charge in [-0.1, -0.05) is 266 Å². The van der Waals surface area contributed by atoms with E-state index in [1.165, 1.54) is 193 Å². The molecule has 0 N–H and O–H groups in total. The average molecular weight is 863 g/mol. The first-order valence-corrected chi connectivity index (χ1v) is 27.3. The van der Waals surface area contributed by atoms with Crippen molar-refractivity contribution in [3.8, 4) is 0 Å². The highest BCUT2D eigenvalue weighted by Crippen LogP contribution is 2.18. The van der Waals surface area contributed by atoms with Crippen LogP contribution < -0.4 is 0 Å². The Balaban J connectivity index is 4.23. The molecule has 0 bridgehead atoms. The van der Waals surface area contributed by atoms with Crippen LogP contribution in [0.25, 0.3) is 0 Å². The average Bonchev–Trinajstić information content (AvgIpc) is 3.24. The van der Waals surface area contributed by atoms with E-state index >= 15 is 0 Å². The van der Waals surface area contributed by atoms with Crippen LogP contribution in [0.4, 0.5) is 0 Å². The second-order valence-corrected chi connectivity index (χ2v) is 19.6. The minimum Gasteiger partial charge on any atom is -0.462 e. The van der Waals surface area contributed by atoms with Crippen molar-refractivity contribution in [2.45, 2.75) is 310 Å². The Kier molecular flexibility index (Phi) is 46.6. The number of carbonyl (C=O) groups is 3. The van der Waals surface area contributed by atoms with Gasteiger partial charge in [0, 0.05) is 19.3 Å². The molecule has 61 heavy (non-hydrogen) atoms. The first-order chi connectivity index (χ1) is 29.8. The van der Waals surface area contributed by atoms with Crippen molar-refractivity contribution in [2.75, 3.05) is 13.2 Å². The van der Waals surface area contributed by atoms with Crippen molar-refractivity contribution in [1.82, 2.24) is 0 Å². The van der Waals surface area contributed by atoms with Gasteiger partial charge < -0.3 is 14.2 Å². The Morgan fingerprint density at radius 2 is 0.623 bits per heavy atom. The van der Waals surface area contributed by atoms with Gasteiger partial charge >= 0.3 is 17.9 Å². The maximum Gasteiger partial charge on any atom is 0.306 e. The van der Waals surface area contributed by atoms with Crippen LogP contribution in [0.15, 0.2) is 0 Å².